The van der Waals surface area contributed by atoms with Crippen LogP contribution >= 0.6 is 0 Å². The zero-order valence-corrected chi connectivity index (χ0v) is 15.0. The number of benzene rings is 1. The summed E-state index contributed by atoms with van der Waals surface area (Å²) < 4.78 is 0. The highest BCUT2D eigenvalue weighted by atomic mass is 16.2. The molecule has 1 aromatic carbocycles. The summed E-state index contributed by atoms with van der Waals surface area (Å²) in [6.07, 6.45) is 6.02. The maximum atomic E-state index is 13.0. The van der Waals surface area contributed by atoms with E-state index in [1.54, 1.807) is 19.3 Å². The molecule has 0 bridgehead atoms. The Kier molecular flexibility index (Phi) is 4.45. The van der Waals surface area contributed by atoms with Crippen molar-refractivity contribution in [2.24, 2.45) is 5.92 Å². The van der Waals surface area contributed by atoms with Crippen molar-refractivity contribution in [2.75, 3.05) is 24.5 Å². The Bertz CT molecular complexity index is 826. The molecule has 1 fully saturated rings. The van der Waals surface area contributed by atoms with Crippen LogP contribution in [0.4, 0.5) is 5.69 Å². The highest BCUT2D eigenvalue weighted by Gasteiger charge is 2.33. The first-order chi connectivity index (χ1) is 12.6. The molecule has 3 heterocycles. The van der Waals surface area contributed by atoms with Crippen LogP contribution in [0.5, 0.6) is 0 Å². The van der Waals surface area contributed by atoms with Gasteiger partial charge in [0.2, 0.25) is 11.8 Å². The number of rotatable bonds is 2. The van der Waals surface area contributed by atoms with Crippen LogP contribution in [0.25, 0.3) is 11.1 Å². The summed E-state index contributed by atoms with van der Waals surface area (Å²) in [5, 5.41) is 0. The fourth-order valence-corrected chi connectivity index (χ4v) is 4.02. The Balaban J connectivity index is 1.50. The van der Waals surface area contributed by atoms with E-state index in [0.29, 0.717) is 13.1 Å². The predicted molar refractivity (Wildman–Crippen MR) is 101 cm³/mol. The molecule has 5 nitrogen and oxygen atoms in total. The van der Waals surface area contributed by atoms with E-state index in [1.165, 1.54) is 5.56 Å². The van der Waals surface area contributed by atoms with Crippen molar-refractivity contribution in [3.05, 3.63) is 48.3 Å². The van der Waals surface area contributed by atoms with Crippen LogP contribution < -0.4 is 4.90 Å². The fourth-order valence-electron chi connectivity index (χ4n) is 4.02. The van der Waals surface area contributed by atoms with E-state index in [9.17, 15) is 9.59 Å². The van der Waals surface area contributed by atoms with Crippen molar-refractivity contribution in [3.63, 3.8) is 0 Å². The van der Waals surface area contributed by atoms with Crippen molar-refractivity contribution in [1.29, 1.82) is 0 Å². The summed E-state index contributed by atoms with van der Waals surface area (Å²) in [4.78, 5) is 32.3. The minimum Gasteiger partial charge on any atom is -0.343 e. The Hall–Kier alpha value is -2.69. The standard InChI is InChI=1S/C21H23N3O2/c1-15(25)23-11-6-17(7-12-23)21(26)24-13-8-19-14-18(2-3-20(19)24)16-4-9-22-10-5-16/h2-5,9-10,14,17H,6-8,11-13H2,1H3. The molecule has 0 spiro atoms. The Morgan fingerprint density at radius 3 is 2.42 bits per heavy atom. The number of anilines is 1. The van der Waals surface area contributed by atoms with Crippen molar-refractivity contribution in [2.45, 2.75) is 26.2 Å². The molecule has 0 unspecified atom stereocenters. The van der Waals surface area contributed by atoms with Crippen molar-refractivity contribution in [3.8, 4) is 11.1 Å². The summed E-state index contributed by atoms with van der Waals surface area (Å²) in [5.41, 5.74) is 4.58. The zero-order valence-electron chi connectivity index (χ0n) is 15.0. The number of carbonyl (C=O) groups excluding carboxylic acids is 2. The number of carbonyl (C=O) groups is 2. The lowest BCUT2D eigenvalue weighted by Gasteiger charge is -2.32. The number of pyridine rings is 1. The second-order valence-corrected chi connectivity index (χ2v) is 7.10. The average Bonchev–Trinajstić information content (AvgIpc) is 3.11. The first-order valence-corrected chi connectivity index (χ1v) is 9.23. The van der Waals surface area contributed by atoms with Crippen LogP contribution in [0.2, 0.25) is 0 Å². The molecule has 0 saturated carbocycles. The fraction of sp³-hybridized carbons (Fsp3) is 0.381. The van der Waals surface area contributed by atoms with Crippen molar-refractivity contribution >= 4 is 17.5 Å². The van der Waals surface area contributed by atoms with Crippen molar-refractivity contribution in [1.82, 2.24) is 9.88 Å². The van der Waals surface area contributed by atoms with Crippen LogP contribution in [-0.4, -0.2) is 41.3 Å². The van der Waals surface area contributed by atoms with Gasteiger partial charge < -0.3 is 9.80 Å². The van der Waals surface area contributed by atoms with Crippen LogP contribution in [-0.2, 0) is 16.0 Å². The molecule has 26 heavy (non-hydrogen) atoms. The number of fused-ring (bicyclic) bond motifs is 1. The van der Waals surface area contributed by atoms with Crippen molar-refractivity contribution < 1.29 is 9.59 Å². The molecular formula is C21H23N3O2. The number of hydrogen-bond donors (Lipinski definition) is 0. The van der Waals surface area contributed by atoms with E-state index >= 15 is 0 Å². The number of aromatic nitrogens is 1. The smallest absolute Gasteiger partial charge is 0.230 e. The average molecular weight is 349 g/mol. The van der Waals surface area contributed by atoms with E-state index in [1.807, 2.05) is 21.9 Å². The van der Waals surface area contributed by atoms with Gasteiger partial charge in [0.25, 0.3) is 0 Å². The highest BCUT2D eigenvalue weighted by molar-refractivity contribution is 5.97. The maximum Gasteiger partial charge on any atom is 0.230 e. The van der Waals surface area contributed by atoms with Gasteiger partial charge in [0, 0.05) is 50.6 Å². The van der Waals surface area contributed by atoms with Crippen LogP contribution in [0.15, 0.2) is 42.7 Å². The van der Waals surface area contributed by atoms with Gasteiger partial charge in [-0.25, -0.2) is 0 Å². The molecule has 1 aromatic heterocycles. The lowest BCUT2D eigenvalue weighted by Crippen LogP contribution is -2.43. The predicted octanol–water partition coefficient (Wildman–Crippen LogP) is 2.90. The molecule has 1 saturated heterocycles. The molecule has 2 aliphatic heterocycles. The van der Waals surface area contributed by atoms with Gasteiger partial charge in [0.15, 0.2) is 0 Å². The Morgan fingerprint density at radius 1 is 1.00 bits per heavy atom. The third-order valence-electron chi connectivity index (χ3n) is 5.54. The molecule has 2 aromatic rings. The van der Waals surface area contributed by atoms with Gasteiger partial charge in [-0.1, -0.05) is 6.07 Å². The molecule has 2 aliphatic rings. The topological polar surface area (TPSA) is 53.5 Å². The molecule has 0 N–H and O–H groups in total. The normalized spacial score (nSPS) is 17.3. The second kappa shape index (κ2) is 6.90. The summed E-state index contributed by atoms with van der Waals surface area (Å²) in [7, 11) is 0. The van der Waals surface area contributed by atoms with Gasteiger partial charge >= 0.3 is 0 Å². The quantitative estimate of drug-likeness (QED) is 0.838. The van der Waals surface area contributed by atoms with Gasteiger partial charge in [-0.3, -0.25) is 14.6 Å². The molecule has 4 rings (SSSR count). The first kappa shape index (κ1) is 16.8. The van der Waals surface area contributed by atoms with Gasteiger partial charge in [0.05, 0.1) is 0 Å². The lowest BCUT2D eigenvalue weighted by atomic mass is 9.95. The van der Waals surface area contributed by atoms with E-state index in [2.05, 4.69) is 23.2 Å². The molecule has 134 valence electrons. The molecule has 0 radical (unpaired) electrons. The maximum absolute atomic E-state index is 13.0. The summed E-state index contributed by atoms with van der Waals surface area (Å²) in [6.45, 7) is 3.72. The molecular weight excluding hydrogens is 326 g/mol. The zero-order chi connectivity index (χ0) is 18.1. The largest absolute Gasteiger partial charge is 0.343 e. The van der Waals surface area contributed by atoms with Gasteiger partial charge in [-0.2, -0.15) is 0 Å². The number of piperidine rings is 1. The van der Waals surface area contributed by atoms with Gasteiger partial charge in [-0.15, -0.1) is 0 Å². The summed E-state index contributed by atoms with van der Waals surface area (Å²) in [6, 6.07) is 10.3. The molecule has 2 amide bonds. The van der Waals surface area contributed by atoms with Gasteiger partial charge in [-0.05, 0) is 60.2 Å². The Morgan fingerprint density at radius 2 is 1.73 bits per heavy atom. The summed E-state index contributed by atoms with van der Waals surface area (Å²) in [5.74, 6) is 0.339. The second-order valence-electron chi connectivity index (χ2n) is 7.10. The number of hydrogen-bond acceptors (Lipinski definition) is 3. The molecule has 0 atom stereocenters. The lowest BCUT2D eigenvalue weighted by molar-refractivity contribution is -0.133. The first-order valence-electron chi connectivity index (χ1n) is 9.23. The van der Waals surface area contributed by atoms with E-state index < -0.39 is 0 Å². The van der Waals surface area contributed by atoms with Crippen LogP contribution in [0.1, 0.15) is 25.3 Å². The third-order valence-corrected chi connectivity index (χ3v) is 5.54. The van der Waals surface area contributed by atoms with Crippen LogP contribution in [0.3, 0.4) is 0 Å². The van der Waals surface area contributed by atoms with E-state index in [-0.39, 0.29) is 17.7 Å². The number of nitrogens with zero attached hydrogens (tertiary/aromatic N) is 3. The van der Waals surface area contributed by atoms with E-state index in [4.69, 9.17) is 0 Å². The SMILES string of the molecule is CC(=O)N1CCC(C(=O)N2CCc3cc(-c4ccncc4)ccc32)CC1. The monoisotopic (exact) mass is 349 g/mol. The third kappa shape index (κ3) is 3.09. The van der Waals surface area contributed by atoms with Gasteiger partial charge in [0.1, 0.15) is 0 Å². The summed E-state index contributed by atoms with van der Waals surface area (Å²) >= 11 is 0. The number of likely N-dealkylation sites (tertiary alicyclic amines) is 1. The minimum atomic E-state index is 0.0245. The number of amides is 2. The molecule has 5 heteroatoms. The minimum absolute atomic E-state index is 0.0245. The highest BCUT2D eigenvalue weighted by Crippen LogP contribution is 2.34. The van der Waals surface area contributed by atoms with E-state index in [0.717, 1.165) is 42.6 Å². The van der Waals surface area contributed by atoms with Crippen LogP contribution in [0, 0.1) is 5.92 Å². The molecule has 0 aliphatic carbocycles. The Labute approximate surface area is 153 Å².